The smallest absolute Gasteiger partial charge is 0.124 e. The number of ether oxygens (including phenoxy) is 1. The number of alkyl halides is 1. The van der Waals surface area contributed by atoms with Gasteiger partial charge in [-0.05, 0) is 31.9 Å². The van der Waals surface area contributed by atoms with Gasteiger partial charge in [0.05, 0.1) is 18.6 Å². The van der Waals surface area contributed by atoms with Gasteiger partial charge in [0.15, 0.2) is 0 Å². The average molecular weight is 270 g/mol. The molecule has 0 spiro atoms. The van der Waals surface area contributed by atoms with E-state index >= 15 is 0 Å². The molecule has 3 unspecified atom stereocenters. The number of rotatable bonds is 2. The Kier molecular flexibility index (Phi) is 4.49. The fourth-order valence-corrected chi connectivity index (χ4v) is 2.49. The van der Waals surface area contributed by atoms with Crippen molar-refractivity contribution in [1.82, 2.24) is 0 Å². The number of fused-ring (bicyclic) bond motifs is 1. The number of benzene rings is 1. The van der Waals surface area contributed by atoms with E-state index in [2.05, 4.69) is 30.0 Å². The maximum atomic E-state index is 9.60. The largest absolute Gasteiger partial charge is 0.374 e. The molecule has 100 valence electrons. The number of hydrogen-bond donors (Lipinski definition) is 1. The quantitative estimate of drug-likeness (QED) is 0.662. The van der Waals surface area contributed by atoms with E-state index in [0.717, 1.165) is 13.0 Å². The van der Waals surface area contributed by atoms with Crippen molar-refractivity contribution in [1.29, 1.82) is 0 Å². The minimum absolute atomic E-state index is 0.390. The number of para-hydroxylation sites is 1. The summed E-state index contributed by atoms with van der Waals surface area (Å²) in [4.78, 5) is 2.06. The van der Waals surface area contributed by atoms with E-state index in [-0.39, 0.29) is 0 Å². The molecular weight excluding hydrogens is 250 g/mol. The summed E-state index contributed by atoms with van der Waals surface area (Å²) in [7, 11) is 0. The standard InChI is InChI=1S/C11H15NO.C3H5ClO/c1-8-7-10-5-3-4-6-11(10)12(8)9(2)13;4-1-3-2-5-3/h3-6,8-9,13H,7H2,1-2H3;3H,1-2H2. The van der Waals surface area contributed by atoms with Crippen molar-refractivity contribution in [2.45, 2.75) is 38.6 Å². The van der Waals surface area contributed by atoms with Crippen LogP contribution in [0, 0.1) is 0 Å². The Morgan fingerprint density at radius 1 is 1.50 bits per heavy atom. The van der Waals surface area contributed by atoms with Gasteiger partial charge >= 0.3 is 0 Å². The van der Waals surface area contributed by atoms with Gasteiger partial charge in [-0.3, -0.25) is 0 Å². The predicted molar refractivity (Wildman–Crippen MR) is 74.2 cm³/mol. The zero-order valence-corrected chi connectivity index (χ0v) is 11.6. The van der Waals surface area contributed by atoms with Crippen LogP contribution < -0.4 is 4.90 Å². The molecule has 1 fully saturated rings. The SMILES string of the molecule is CC(O)N1c2ccccc2CC1C.ClCC1CO1. The Hall–Kier alpha value is -0.770. The molecule has 1 aromatic rings. The zero-order valence-electron chi connectivity index (χ0n) is 10.8. The molecule has 0 saturated carbocycles. The van der Waals surface area contributed by atoms with Gasteiger partial charge in [0.2, 0.25) is 0 Å². The van der Waals surface area contributed by atoms with Gasteiger partial charge in [0.1, 0.15) is 6.23 Å². The topological polar surface area (TPSA) is 36.0 Å². The molecule has 3 rings (SSSR count). The fourth-order valence-electron chi connectivity index (χ4n) is 2.32. The highest BCUT2D eigenvalue weighted by molar-refractivity contribution is 6.18. The lowest BCUT2D eigenvalue weighted by Gasteiger charge is -2.27. The van der Waals surface area contributed by atoms with Crippen LogP contribution in [0.1, 0.15) is 19.4 Å². The summed E-state index contributed by atoms with van der Waals surface area (Å²) < 4.78 is 4.73. The second-order valence-corrected chi connectivity index (χ2v) is 5.14. The van der Waals surface area contributed by atoms with E-state index in [1.54, 1.807) is 0 Å². The second kappa shape index (κ2) is 5.91. The molecular formula is C14H20ClNO2. The molecule has 3 nitrogen and oxygen atoms in total. The van der Waals surface area contributed by atoms with Gasteiger partial charge in [0.25, 0.3) is 0 Å². The summed E-state index contributed by atoms with van der Waals surface area (Å²) >= 11 is 5.27. The molecule has 4 heteroatoms. The van der Waals surface area contributed by atoms with Crippen LogP contribution >= 0.6 is 11.6 Å². The van der Waals surface area contributed by atoms with Gasteiger partial charge in [0, 0.05) is 11.7 Å². The highest BCUT2D eigenvalue weighted by atomic mass is 35.5. The molecule has 1 aromatic carbocycles. The monoisotopic (exact) mass is 269 g/mol. The van der Waals surface area contributed by atoms with E-state index in [4.69, 9.17) is 16.3 Å². The molecule has 0 amide bonds. The van der Waals surface area contributed by atoms with Crippen molar-refractivity contribution >= 4 is 17.3 Å². The van der Waals surface area contributed by atoms with Gasteiger partial charge < -0.3 is 14.7 Å². The number of halogens is 1. The first-order valence-electron chi connectivity index (χ1n) is 6.35. The average Bonchev–Trinajstić information content (AvgIpc) is 3.11. The highest BCUT2D eigenvalue weighted by Gasteiger charge is 2.27. The van der Waals surface area contributed by atoms with Crippen LogP contribution in [0.3, 0.4) is 0 Å². The molecule has 1 saturated heterocycles. The first-order valence-corrected chi connectivity index (χ1v) is 6.88. The van der Waals surface area contributed by atoms with Crippen LogP contribution in [0.5, 0.6) is 0 Å². The number of epoxide rings is 1. The number of aliphatic hydroxyl groups is 1. The highest BCUT2D eigenvalue weighted by Crippen LogP contribution is 2.32. The van der Waals surface area contributed by atoms with Crippen molar-refractivity contribution in [3.8, 4) is 0 Å². The fraction of sp³-hybridized carbons (Fsp3) is 0.571. The summed E-state index contributed by atoms with van der Waals surface area (Å²) in [6.45, 7) is 4.84. The van der Waals surface area contributed by atoms with E-state index in [1.807, 2.05) is 13.0 Å². The van der Waals surface area contributed by atoms with Crippen LogP contribution in [0.4, 0.5) is 5.69 Å². The minimum Gasteiger partial charge on any atom is -0.374 e. The van der Waals surface area contributed by atoms with E-state index in [1.165, 1.54) is 11.3 Å². The summed E-state index contributed by atoms with van der Waals surface area (Å²) in [5.41, 5.74) is 2.53. The van der Waals surface area contributed by atoms with Crippen LogP contribution in [0.15, 0.2) is 24.3 Å². The lowest BCUT2D eigenvalue weighted by atomic mass is 10.1. The zero-order chi connectivity index (χ0) is 13.1. The summed E-state index contributed by atoms with van der Waals surface area (Å²) in [5.74, 6) is 0.667. The Bertz CT molecular complexity index is 393. The van der Waals surface area contributed by atoms with E-state index in [9.17, 15) is 5.11 Å². The first kappa shape index (κ1) is 13.7. The molecule has 2 aliphatic rings. The van der Waals surface area contributed by atoms with Crippen molar-refractivity contribution in [2.75, 3.05) is 17.4 Å². The van der Waals surface area contributed by atoms with Gasteiger partial charge in [-0.2, -0.15) is 0 Å². The molecule has 1 N–H and O–H groups in total. The lowest BCUT2D eigenvalue weighted by Crippen LogP contribution is -2.37. The van der Waals surface area contributed by atoms with Crippen molar-refractivity contribution < 1.29 is 9.84 Å². The van der Waals surface area contributed by atoms with E-state index in [0.29, 0.717) is 18.0 Å². The Morgan fingerprint density at radius 2 is 2.17 bits per heavy atom. The third-order valence-electron chi connectivity index (χ3n) is 3.24. The second-order valence-electron chi connectivity index (χ2n) is 4.83. The lowest BCUT2D eigenvalue weighted by molar-refractivity contribution is 0.182. The molecule has 0 bridgehead atoms. The molecule has 3 atom stereocenters. The minimum atomic E-state index is -0.390. The van der Waals surface area contributed by atoms with Crippen LogP contribution in [-0.4, -0.2) is 36.0 Å². The normalized spacial score (nSPS) is 26.1. The summed E-state index contributed by atoms with van der Waals surface area (Å²) in [6.07, 6.45) is 1.05. The maximum Gasteiger partial charge on any atom is 0.124 e. The summed E-state index contributed by atoms with van der Waals surface area (Å²) in [5, 5.41) is 9.60. The van der Waals surface area contributed by atoms with Gasteiger partial charge in [-0.25, -0.2) is 0 Å². The van der Waals surface area contributed by atoms with E-state index < -0.39 is 6.23 Å². The number of hydrogen-bond acceptors (Lipinski definition) is 3. The van der Waals surface area contributed by atoms with Crippen molar-refractivity contribution in [3.63, 3.8) is 0 Å². The molecule has 18 heavy (non-hydrogen) atoms. The molecule has 0 aliphatic carbocycles. The predicted octanol–water partition coefficient (Wildman–Crippen LogP) is 2.40. The molecule has 2 aliphatic heterocycles. The first-order chi connectivity index (χ1) is 8.63. The van der Waals surface area contributed by atoms with Crippen LogP contribution in [0.25, 0.3) is 0 Å². The Morgan fingerprint density at radius 3 is 2.67 bits per heavy atom. The Labute approximate surface area is 113 Å². The van der Waals surface area contributed by atoms with Crippen molar-refractivity contribution in [3.05, 3.63) is 29.8 Å². The molecule has 0 aromatic heterocycles. The number of aliphatic hydroxyl groups excluding tert-OH is 1. The summed E-state index contributed by atoms with van der Waals surface area (Å²) in [6, 6.07) is 8.70. The molecule has 2 heterocycles. The maximum absolute atomic E-state index is 9.60. The third-order valence-corrected chi connectivity index (χ3v) is 3.58. The van der Waals surface area contributed by atoms with Gasteiger partial charge in [-0.15, -0.1) is 11.6 Å². The third kappa shape index (κ3) is 3.16. The number of nitrogens with zero attached hydrogens (tertiary/aromatic N) is 1. The van der Waals surface area contributed by atoms with Crippen molar-refractivity contribution in [2.24, 2.45) is 0 Å². The van der Waals surface area contributed by atoms with Crippen LogP contribution in [-0.2, 0) is 11.2 Å². The van der Waals surface area contributed by atoms with Gasteiger partial charge in [-0.1, -0.05) is 18.2 Å². The van der Waals surface area contributed by atoms with Crippen LogP contribution in [0.2, 0.25) is 0 Å². The number of anilines is 1. The molecule has 0 radical (unpaired) electrons. The Balaban J connectivity index is 0.000000202.